The van der Waals surface area contributed by atoms with Crippen LogP contribution in [0.15, 0.2) is 0 Å². The first-order chi connectivity index (χ1) is 3.81. The summed E-state index contributed by atoms with van der Waals surface area (Å²) >= 11 is 3.35. The molecule has 0 saturated carbocycles. The van der Waals surface area contributed by atoms with Crippen molar-refractivity contribution in [1.29, 1.82) is 0 Å². The van der Waals surface area contributed by atoms with Crippen LogP contribution in [-0.4, -0.2) is 34.8 Å². The van der Waals surface area contributed by atoms with E-state index >= 15 is 0 Å². The number of rotatable bonds is 4. The first-order valence-corrected chi connectivity index (χ1v) is 5.66. The van der Waals surface area contributed by atoms with Gasteiger partial charge in [-0.1, -0.05) is 15.9 Å². The summed E-state index contributed by atoms with van der Waals surface area (Å²) in [6, 6.07) is 0. The fourth-order valence-corrected chi connectivity index (χ4v) is 2.83. The third-order valence-electron chi connectivity index (χ3n) is 0.865. The summed E-state index contributed by atoms with van der Waals surface area (Å²) in [4.78, 5) is 0. The maximum absolute atomic E-state index is 8.45. The summed E-state index contributed by atoms with van der Waals surface area (Å²) in [5, 5.41) is 9.52. The van der Waals surface area contributed by atoms with Crippen LogP contribution in [0.2, 0.25) is 0 Å². The summed E-state index contributed by atoms with van der Waals surface area (Å²) in [5.41, 5.74) is 0. The summed E-state index contributed by atoms with van der Waals surface area (Å²) in [6.45, 7) is 0.340. The number of aliphatic hydroxyl groups excluding tert-OH is 1. The highest BCUT2D eigenvalue weighted by atomic mass is 79.9. The molecule has 1 N–H and O–H groups in total. The molecule has 0 aromatic heterocycles. The van der Waals surface area contributed by atoms with Gasteiger partial charge in [0.1, 0.15) is 11.5 Å². The number of hydrogen-bond donors (Lipinski definition) is 1. The van der Waals surface area contributed by atoms with E-state index in [1.54, 1.807) is 0 Å². The van der Waals surface area contributed by atoms with E-state index in [4.69, 9.17) is 5.11 Å². The van der Waals surface area contributed by atoms with Gasteiger partial charge in [-0.05, 0) is 10.9 Å². The van der Waals surface area contributed by atoms with Crippen LogP contribution in [0, 0.1) is 0 Å². The van der Waals surface area contributed by atoms with Crippen molar-refractivity contribution in [3.05, 3.63) is 0 Å². The number of aliphatic hydroxyl groups is 1. The molecule has 0 spiro atoms. The zero-order chi connectivity index (χ0) is 6.41. The molecule has 0 aliphatic rings. The van der Waals surface area contributed by atoms with E-state index in [0.717, 1.165) is 11.1 Å². The van der Waals surface area contributed by atoms with E-state index in [0.29, 0.717) is 17.5 Å². The van der Waals surface area contributed by atoms with Crippen molar-refractivity contribution in [1.82, 2.24) is 0 Å². The van der Waals surface area contributed by atoms with E-state index in [1.807, 2.05) is 0 Å². The molecule has 0 aromatic rings. The third-order valence-corrected chi connectivity index (χ3v) is 3.57. The van der Waals surface area contributed by atoms with Crippen molar-refractivity contribution in [2.24, 2.45) is 0 Å². The van der Waals surface area contributed by atoms with Gasteiger partial charge in [0.25, 0.3) is 0 Å². The van der Waals surface area contributed by atoms with Gasteiger partial charge in [0.15, 0.2) is 0 Å². The van der Waals surface area contributed by atoms with Gasteiger partial charge in [-0.15, -0.1) is 0 Å². The van der Waals surface area contributed by atoms with Gasteiger partial charge in [0.05, 0.1) is 12.9 Å². The lowest BCUT2D eigenvalue weighted by atomic mass is 10.9. The summed E-state index contributed by atoms with van der Waals surface area (Å²) < 4.78 is 0. The first-order valence-electron chi connectivity index (χ1n) is 2.57. The van der Waals surface area contributed by atoms with Crippen molar-refractivity contribution in [2.45, 2.75) is 0 Å². The predicted octanol–water partition coefficient (Wildman–Crippen LogP) is 0.622. The molecule has 0 amide bonds. The van der Waals surface area contributed by atoms with Crippen LogP contribution < -0.4 is 0 Å². The molecule has 0 saturated heterocycles. The van der Waals surface area contributed by atoms with E-state index in [2.05, 4.69) is 22.2 Å². The van der Waals surface area contributed by atoms with Gasteiger partial charge in [0, 0.05) is 5.33 Å². The lowest BCUT2D eigenvalue weighted by Crippen LogP contribution is -2.13. The summed E-state index contributed by atoms with van der Waals surface area (Å²) in [6.07, 6.45) is 2.18. The van der Waals surface area contributed by atoms with Crippen LogP contribution >= 0.6 is 15.9 Å². The Kier molecular flexibility index (Phi) is 6.50. The Morgan fingerprint density at radius 1 is 1.50 bits per heavy atom. The van der Waals surface area contributed by atoms with Crippen molar-refractivity contribution in [3.63, 3.8) is 0 Å². The molecule has 1 atom stereocenters. The van der Waals surface area contributed by atoms with Gasteiger partial charge < -0.3 is 5.11 Å². The number of halogens is 1. The van der Waals surface area contributed by atoms with E-state index in [1.165, 1.54) is 5.75 Å². The summed E-state index contributed by atoms with van der Waals surface area (Å²) in [7, 11) is 0.433. The predicted molar refractivity (Wildman–Crippen MR) is 43.9 cm³/mol. The Morgan fingerprint density at radius 2 is 2.12 bits per heavy atom. The molecule has 0 radical (unpaired) electrons. The van der Waals surface area contributed by atoms with Crippen LogP contribution in [0.5, 0.6) is 0 Å². The molecular formula is C5H12BrOS+. The molecule has 0 aliphatic heterocycles. The number of hydrogen-bond acceptors (Lipinski definition) is 1. The molecule has 0 bridgehead atoms. The van der Waals surface area contributed by atoms with Gasteiger partial charge in [-0.2, -0.15) is 0 Å². The second-order valence-electron chi connectivity index (χ2n) is 1.60. The maximum Gasteiger partial charge on any atom is 0.130 e. The standard InChI is InChI=1S/C5H12BrOS/c1-8(4-2-6)5-3-7/h7H,2-5H2,1H3/q+1. The van der Waals surface area contributed by atoms with Gasteiger partial charge >= 0.3 is 0 Å². The van der Waals surface area contributed by atoms with E-state index < -0.39 is 0 Å². The van der Waals surface area contributed by atoms with Crippen LogP contribution in [-0.2, 0) is 10.9 Å². The first kappa shape index (κ1) is 8.79. The highest BCUT2D eigenvalue weighted by Gasteiger charge is 2.06. The molecule has 0 aromatic carbocycles. The molecule has 3 heteroatoms. The molecule has 0 heterocycles. The van der Waals surface area contributed by atoms with Gasteiger partial charge in [0.2, 0.25) is 0 Å². The third kappa shape index (κ3) is 4.94. The Bertz CT molecular complexity index is 45.7. The Balaban J connectivity index is 2.92. The topological polar surface area (TPSA) is 20.2 Å². The molecule has 0 aliphatic carbocycles. The van der Waals surface area contributed by atoms with Crippen LogP contribution in [0.1, 0.15) is 0 Å². The monoisotopic (exact) mass is 199 g/mol. The van der Waals surface area contributed by atoms with Gasteiger partial charge in [-0.3, -0.25) is 0 Å². The van der Waals surface area contributed by atoms with Crippen molar-refractivity contribution in [2.75, 3.05) is 29.7 Å². The molecule has 50 valence electrons. The summed E-state index contributed by atoms with van der Waals surface area (Å²) in [5.74, 6) is 2.16. The van der Waals surface area contributed by atoms with Gasteiger partial charge in [-0.25, -0.2) is 0 Å². The van der Waals surface area contributed by atoms with E-state index in [9.17, 15) is 0 Å². The second-order valence-corrected chi connectivity index (χ2v) is 4.77. The molecule has 0 rings (SSSR count). The fourth-order valence-electron chi connectivity index (χ4n) is 0.390. The van der Waals surface area contributed by atoms with Crippen LogP contribution in [0.4, 0.5) is 0 Å². The minimum absolute atomic E-state index is 0.340. The highest BCUT2D eigenvalue weighted by molar-refractivity contribution is 9.09. The smallest absolute Gasteiger partial charge is 0.130 e. The maximum atomic E-state index is 8.45. The molecular weight excluding hydrogens is 188 g/mol. The molecule has 1 nitrogen and oxygen atoms in total. The number of alkyl halides is 1. The zero-order valence-electron chi connectivity index (χ0n) is 5.06. The van der Waals surface area contributed by atoms with Crippen molar-refractivity contribution in [3.8, 4) is 0 Å². The Hall–Kier alpha value is 0.790. The normalized spacial score (nSPS) is 13.9. The lowest BCUT2D eigenvalue weighted by molar-refractivity contribution is 0.322. The van der Waals surface area contributed by atoms with Crippen LogP contribution in [0.3, 0.4) is 0 Å². The molecule has 0 fully saturated rings. The molecule has 8 heavy (non-hydrogen) atoms. The quantitative estimate of drug-likeness (QED) is 0.521. The van der Waals surface area contributed by atoms with Crippen molar-refractivity contribution >= 4 is 26.8 Å². The zero-order valence-corrected chi connectivity index (χ0v) is 7.46. The minimum Gasteiger partial charge on any atom is -0.391 e. The van der Waals surface area contributed by atoms with Crippen LogP contribution in [0.25, 0.3) is 0 Å². The lowest BCUT2D eigenvalue weighted by Gasteiger charge is -1.95. The molecule has 1 unspecified atom stereocenters. The minimum atomic E-state index is 0.340. The average Bonchev–Trinajstić information content (AvgIpc) is 1.68. The second kappa shape index (κ2) is 5.92. The Labute approximate surface area is 62.0 Å². The average molecular weight is 200 g/mol. The van der Waals surface area contributed by atoms with E-state index in [-0.39, 0.29) is 0 Å². The Morgan fingerprint density at radius 3 is 2.50 bits per heavy atom. The highest BCUT2D eigenvalue weighted by Crippen LogP contribution is 1.92. The van der Waals surface area contributed by atoms with Crippen molar-refractivity contribution < 1.29 is 5.11 Å². The largest absolute Gasteiger partial charge is 0.391 e. The SMILES string of the molecule is C[S+](CCO)CCBr. The fraction of sp³-hybridized carbons (Fsp3) is 1.00.